The second-order valence-corrected chi connectivity index (χ2v) is 9.68. The minimum absolute atomic E-state index is 0.0611. The molecule has 2 rings (SSSR count). The highest BCUT2D eigenvalue weighted by molar-refractivity contribution is 7.92. The molecule has 0 radical (unpaired) electrons. The summed E-state index contributed by atoms with van der Waals surface area (Å²) in [5.41, 5.74) is 0. The molecule has 1 aliphatic heterocycles. The van der Waals surface area contributed by atoms with E-state index in [1.165, 1.54) is 6.07 Å². The van der Waals surface area contributed by atoms with Crippen LogP contribution in [-0.4, -0.2) is 58.2 Å². The Balaban J connectivity index is 1.95. The van der Waals surface area contributed by atoms with E-state index in [-0.39, 0.29) is 30.3 Å². The van der Waals surface area contributed by atoms with Crippen LogP contribution in [0.4, 0.5) is 5.82 Å². The maximum Gasteiger partial charge on any atom is 0.233 e. The molecule has 1 aromatic rings. The minimum atomic E-state index is -3.61. The summed E-state index contributed by atoms with van der Waals surface area (Å²) in [6, 6.07) is 1.05. The molecule has 1 amide bonds. The molecular weight excluding hydrogens is 346 g/mol. The second kappa shape index (κ2) is 6.48. The van der Waals surface area contributed by atoms with Gasteiger partial charge in [0.15, 0.2) is 15.7 Å². The van der Waals surface area contributed by atoms with Crippen molar-refractivity contribution in [3.05, 3.63) is 11.8 Å². The summed E-state index contributed by atoms with van der Waals surface area (Å²) >= 11 is 0. The number of sulfone groups is 1. The molecule has 1 fully saturated rings. The molecule has 1 aliphatic rings. The maximum absolute atomic E-state index is 11.9. The number of amides is 1. The number of carbonyl (C=O) groups is 1. The number of rotatable bonds is 6. The molecule has 1 aromatic heterocycles. The van der Waals surface area contributed by atoms with Crippen LogP contribution in [0.5, 0.6) is 0 Å². The summed E-state index contributed by atoms with van der Waals surface area (Å²) in [5.74, 6) is 0.152. The lowest BCUT2D eigenvalue weighted by Crippen LogP contribution is -2.39. The van der Waals surface area contributed by atoms with Crippen LogP contribution in [0.1, 0.15) is 18.6 Å². The smallest absolute Gasteiger partial charge is 0.233 e. The van der Waals surface area contributed by atoms with E-state index in [4.69, 9.17) is 4.52 Å². The van der Waals surface area contributed by atoms with Gasteiger partial charge in [0.2, 0.25) is 15.9 Å². The summed E-state index contributed by atoms with van der Waals surface area (Å²) in [6.45, 7) is 1.53. The third kappa shape index (κ3) is 4.93. The van der Waals surface area contributed by atoms with Gasteiger partial charge in [0.1, 0.15) is 5.76 Å². The molecule has 9 nitrogen and oxygen atoms in total. The number of anilines is 1. The van der Waals surface area contributed by atoms with Gasteiger partial charge >= 0.3 is 0 Å². The van der Waals surface area contributed by atoms with Gasteiger partial charge in [0.05, 0.1) is 17.8 Å². The number of hydrogen-bond acceptors (Lipinski definition) is 7. The first-order valence-electron chi connectivity index (χ1n) is 6.98. The molecule has 0 saturated carbocycles. The number of hydrogen-bond donors (Lipinski definition) is 1. The van der Waals surface area contributed by atoms with Crippen molar-refractivity contribution in [2.45, 2.75) is 25.8 Å². The van der Waals surface area contributed by atoms with Gasteiger partial charge in [-0.2, -0.15) is 0 Å². The average molecular weight is 365 g/mol. The van der Waals surface area contributed by atoms with Gasteiger partial charge in [-0.3, -0.25) is 9.10 Å². The Kier molecular flexibility index (Phi) is 4.99. The third-order valence-electron chi connectivity index (χ3n) is 3.41. The van der Waals surface area contributed by atoms with Crippen LogP contribution in [0.2, 0.25) is 0 Å². The van der Waals surface area contributed by atoms with E-state index in [0.717, 1.165) is 10.6 Å². The number of aryl methyl sites for hydroxylation is 1. The molecule has 0 aromatic carbocycles. The Bertz CT molecular complexity index is 783. The van der Waals surface area contributed by atoms with Gasteiger partial charge in [-0.15, -0.1) is 0 Å². The number of aromatic nitrogens is 1. The van der Waals surface area contributed by atoms with Crippen LogP contribution in [0.15, 0.2) is 10.6 Å². The predicted molar refractivity (Wildman–Crippen MR) is 83.2 cm³/mol. The summed E-state index contributed by atoms with van der Waals surface area (Å²) in [5, 5.41) is 6.26. The van der Waals surface area contributed by atoms with Crippen molar-refractivity contribution in [1.29, 1.82) is 0 Å². The fraction of sp³-hybridized carbons (Fsp3) is 0.667. The fourth-order valence-electron chi connectivity index (χ4n) is 2.33. The largest absolute Gasteiger partial charge is 0.360 e. The summed E-state index contributed by atoms with van der Waals surface area (Å²) in [4.78, 5) is 11.9. The van der Waals surface area contributed by atoms with E-state index >= 15 is 0 Å². The van der Waals surface area contributed by atoms with Gasteiger partial charge in [0.25, 0.3) is 0 Å². The SMILES string of the molecule is Cc1cc(N(CCC(=O)NC2CCS(=O)(=O)C2)S(C)(=O)=O)no1. The molecule has 0 spiro atoms. The number of nitrogens with one attached hydrogen (secondary N) is 1. The molecular formula is C12H19N3O6S2. The molecule has 11 heteroatoms. The van der Waals surface area contributed by atoms with Crippen LogP contribution in [0.3, 0.4) is 0 Å². The Morgan fingerprint density at radius 2 is 2.22 bits per heavy atom. The zero-order valence-corrected chi connectivity index (χ0v) is 14.5. The standard InChI is InChI=1S/C12H19N3O6S2/c1-9-7-11(14-21-9)15(22(2,17)18)5-3-12(16)13-10-4-6-23(19,20)8-10/h7,10H,3-6,8H2,1-2H3,(H,13,16). The Morgan fingerprint density at radius 3 is 2.70 bits per heavy atom. The van der Waals surface area contributed by atoms with Crippen molar-refractivity contribution in [3.8, 4) is 0 Å². The highest BCUT2D eigenvalue weighted by Gasteiger charge is 2.29. The van der Waals surface area contributed by atoms with E-state index in [1.54, 1.807) is 6.92 Å². The molecule has 23 heavy (non-hydrogen) atoms. The lowest BCUT2D eigenvalue weighted by Gasteiger charge is -2.19. The predicted octanol–water partition coefficient (Wildman–Crippen LogP) is -0.558. The van der Waals surface area contributed by atoms with Gasteiger partial charge in [-0.05, 0) is 13.3 Å². The van der Waals surface area contributed by atoms with Crippen molar-refractivity contribution < 1.29 is 26.2 Å². The molecule has 1 saturated heterocycles. The molecule has 0 aliphatic carbocycles. The molecule has 130 valence electrons. The lowest BCUT2D eigenvalue weighted by molar-refractivity contribution is -0.121. The maximum atomic E-state index is 11.9. The zero-order chi connectivity index (χ0) is 17.3. The van der Waals surface area contributed by atoms with Gasteiger partial charge in [-0.25, -0.2) is 16.8 Å². The Morgan fingerprint density at radius 1 is 1.52 bits per heavy atom. The van der Waals surface area contributed by atoms with Crippen molar-refractivity contribution >= 4 is 31.6 Å². The highest BCUT2D eigenvalue weighted by atomic mass is 32.2. The lowest BCUT2D eigenvalue weighted by atomic mass is 10.2. The third-order valence-corrected chi connectivity index (χ3v) is 6.35. The van der Waals surface area contributed by atoms with E-state index in [1.807, 2.05) is 0 Å². The first-order valence-corrected chi connectivity index (χ1v) is 10.6. The Hall–Kier alpha value is -1.62. The first kappa shape index (κ1) is 17.7. The van der Waals surface area contributed by atoms with Crippen LogP contribution >= 0.6 is 0 Å². The van der Waals surface area contributed by atoms with Crippen molar-refractivity contribution in [3.63, 3.8) is 0 Å². The van der Waals surface area contributed by atoms with Gasteiger partial charge < -0.3 is 9.84 Å². The van der Waals surface area contributed by atoms with E-state index in [2.05, 4.69) is 10.5 Å². The van der Waals surface area contributed by atoms with Crippen molar-refractivity contribution in [1.82, 2.24) is 10.5 Å². The topological polar surface area (TPSA) is 127 Å². The molecule has 1 atom stereocenters. The first-order chi connectivity index (χ1) is 10.6. The van der Waals surface area contributed by atoms with Crippen LogP contribution in [-0.2, 0) is 24.7 Å². The van der Waals surface area contributed by atoms with Crippen LogP contribution < -0.4 is 9.62 Å². The number of carbonyl (C=O) groups excluding carboxylic acids is 1. The van der Waals surface area contributed by atoms with Gasteiger partial charge in [-0.1, -0.05) is 5.16 Å². The summed E-state index contributed by atoms with van der Waals surface area (Å²) < 4.78 is 52.2. The second-order valence-electron chi connectivity index (χ2n) is 5.55. The van der Waals surface area contributed by atoms with Crippen molar-refractivity contribution in [2.24, 2.45) is 0 Å². The van der Waals surface area contributed by atoms with E-state index in [9.17, 15) is 21.6 Å². The minimum Gasteiger partial charge on any atom is -0.360 e. The average Bonchev–Trinajstić information content (AvgIpc) is 2.94. The monoisotopic (exact) mass is 365 g/mol. The van der Waals surface area contributed by atoms with E-state index in [0.29, 0.717) is 12.2 Å². The molecule has 2 heterocycles. The molecule has 0 bridgehead atoms. The van der Waals surface area contributed by atoms with Crippen LogP contribution in [0, 0.1) is 6.92 Å². The number of sulfonamides is 1. The van der Waals surface area contributed by atoms with E-state index < -0.39 is 31.8 Å². The van der Waals surface area contributed by atoms with Gasteiger partial charge in [0, 0.05) is 25.1 Å². The normalized spacial score (nSPS) is 20.3. The summed E-state index contributed by atoms with van der Waals surface area (Å²) in [7, 11) is -6.69. The van der Waals surface area contributed by atoms with Crippen LogP contribution in [0.25, 0.3) is 0 Å². The number of nitrogens with zero attached hydrogens (tertiary/aromatic N) is 2. The quantitative estimate of drug-likeness (QED) is 0.716. The zero-order valence-electron chi connectivity index (χ0n) is 12.9. The Labute approximate surface area is 135 Å². The van der Waals surface area contributed by atoms with Crippen molar-refractivity contribution in [2.75, 3.05) is 28.6 Å². The fourth-order valence-corrected chi connectivity index (χ4v) is 4.85. The molecule has 1 unspecified atom stereocenters. The molecule has 1 N–H and O–H groups in total. The highest BCUT2D eigenvalue weighted by Crippen LogP contribution is 2.17. The summed E-state index contributed by atoms with van der Waals surface area (Å²) in [6.07, 6.45) is 1.29.